The molecular weight excluding hydrogens is 265 g/mol. The Labute approximate surface area is 97.5 Å². The average molecular weight is 279 g/mol. The molecule has 2 N–H and O–H groups in total. The Morgan fingerprint density at radius 2 is 2.21 bits per heavy atom. The van der Waals surface area contributed by atoms with Crippen molar-refractivity contribution in [3.63, 3.8) is 0 Å². The van der Waals surface area contributed by atoms with Crippen molar-refractivity contribution in [3.05, 3.63) is 27.2 Å². The number of hydrogen-bond acceptors (Lipinski definition) is 2. The molecule has 1 aromatic carbocycles. The summed E-state index contributed by atoms with van der Waals surface area (Å²) >= 11 is 9.43. The van der Waals surface area contributed by atoms with E-state index in [2.05, 4.69) is 15.9 Å². The summed E-state index contributed by atoms with van der Waals surface area (Å²) in [6, 6.07) is 3.84. The maximum atomic E-state index is 6.06. The highest BCUT2D eigenvalue weighted by atomic mass is 79.9. The summed E-state index contributed by atoms with van der Waals surface area (Å²) in [6.07, 6.45) is 0.752. The van der Waals surface area contributed by atoms with Crippen LogP contribution in [-0.4, -0.2) is 13.2 Å². The minimum absolute atomic E-state index is 0.0957. The summed E-state index contributed by atoms with van der Waals surface area (Å²) in [6.45, 7) is 1.95. The Morgan fingerprint density at radius 3 is 2.71 bits per heavy atom. The van der Waals surface area contributed by atoms with Gasteiger partial charge in [0.1, 0.15) is 5.75 Å². The Kier molecular flexibility index (Phi) is 4.23. The standard InChI is InChI=1S/C10H13BrClNO/c1-6(13)3-7-4-10(14-2)8(11)5-9(7)12/h4-6H,3,13H2,1-2H3. The van der Waals surface area contributed by atoms with Crippen molar-refractivity contribution >= 4 is 27.5 Å². The molecule has 1 atom stereocenters. The SMILES string of the molecule is COc1cc(CC(C)N)c(Cl)cc1Br. The third kappa shape index (κ3) is 2.87. The summed E-state index contributed by atoms with van der Waals surface area (Å²) in [5.74, 6) is 0.782. The minimum atomic E-state index is 0.0957. The van der Waals surface area contributed by atoms with Crippen molar-refractivity contribution in [2.75, 3.05) is 7.11 Å². The van der Waals surface area contributed by atoms with Gasteiger partial charge < -0.3 is 10.5 Å². The van der Waals surface area contributed by atoms with Crippen molar-refractivity contribution < 1.29 is 4.74 Å². The number of rotatable bonds is 3. The van der Waals surface area contributed by atoms with E-state index in [0.29, 0.717) is 0 Å². The van der Waals surface area contributed by atoms with Gasteiger partial charge in [0.05, 0.1) is 11.6 Å². The van der Waals surface area contributed by atoms with Crippen LogP contribution in [0.3, 0.4) is 0 Å². The van der Waals surface area contributed by atoms with Gasteiger partial charge in [0.25, 0.3) is 0 Å². The zero-order chi connectivity index (χ0) is 10.7. The van der Waals surface area contributed by atoms with Crippen LogP contribution in [0.2, 0.25) is 5.02 Å². The fourth-order valence-electron chi connectivity index (χ4n) is 1.23. The molecule has 0 saturated heterocycles. The molecular formula is C10H13BrClNO. The van der Waals surface area contributed by atoms with Crippen molar-refractivity contribution in [3.8, 4) is 5.75 Å². The van der Waals surface area contributed by atoms with Gasteiger partial charge in [-0.3, -0.25) is 0 Å². The smallest absolute Gasteiger partial charge is 0.133 e. The van der Waals surface area contributed by atoms with E-state index in [1.54, 1.807) is 7.11 Å². The molecule has 0 heterocycles. The van der Waals surface area contributed by atoms with Gasteiger partial charge in [-0.1, -0.05) is 11.6 Å². The summed E-state index contributed by atoms with van der Waals surface area (Å²) in [4.78, 5) is 0. The number of nitrogens with two attached hydrogens (primary N) is 1. The monoisotopic (exact) mass is 277 g/mol. The average Bonchev–Trinajstić information content (AvgIpc) is 2.09. The fraction of sp³-hybridized carbons (Fsp3) is 0.400. The zero-order valence-electron chi connectivity index (χ0n) is 8.18. The second-order valence-electron chi connectivity index (χ2n) is 3.26. The molecule has 0 spiro atoms. The van der Waals surface area contributed by atoms with Gasteiger partial charge in [-0.2, -0.15) is 0 Å². The Hall–Kier alpha value is -0.250. The first-order valence-corrected chi connectivity index (χ1v) is 5.49. The molecule has 0 aliphatic rings. The third-order valence-electron chi connectivity index (χ3n) is 1.86. The van der Waals surface area contributed by atoms with Gasteiger partial charge in [-0.05, 0) is 47.0 Å². The van der Waals surface area contributed by atoms with E-state index in [9.17, 15) is 0 Å². The number of ether oxygens (including phenoxy) is 1. The van der Waals surface area contributed by atoms with E-state index in [1.165, 1.54) is 0 Å². The number of methoxy groups -OCH3 is 1. The maximum absolute atomic E-state index is 6.06. The molecule has 2 nitrogen and oxygen atoms in total. The molecule has 0 fully saturated rings. The van der Waals surface area contributed by atoms with Crippen LogP contribution in [0, 0.1) is 0 Å². The summed E-state index contributed by atoms with van der Waals surface area (Å²) < 4.78 is 6.04. The predicted octanol–water partition coefficient (Wildman–Crippen LogP) is 3.00. The molecule has 0 bridgehead atoms. The molecule has 78 valence electrons. The lowest BCUT2D eigenvalue weighted by atomic mass is 10.1. The lowest BCUT2D eigenvalue weighted by molar-refractivity contribution is 0.411. The molecule has 1 rings (SSSR count). The molecule has 0 amide bonds. The van der Waals surface area contributed by atoms with Gasteiger partial charge in [0, 0.05) is 11.1 Å². The maximum Gasteiger partial charge on any atom is 0.133 e. The van der Waals surface area contributed by atoms with Crippen LogP contribution in [0.5, 0.6) is 5.75 Å². The first-order chi connectivity index (χ1) is 6.54. The molecule has 0 radical (unpaired) electrons. The van der Waals surface area contributed by atoms with E-state index in [4.69, 9.17) is 22.1 Å². The minimum Gasteiger partial charge on any atom is -0.496 e. The number of benzene rings is 1. The Morgan fingerprint density at radius 1 is 1.57 bits per heavy atom. The first kappa shape index (κ1) is 11.8. The molecule has 1 aromatic rings. The molecule has 0 aliphatic heterocycles. The van der Waals surface area contributed by atoms with Crippen molar-refractivity contribution in [2.45, 2.75) is 19.4 Å². The second kappa shape index (κ2) is 5.01. The highest BCUT2D eigenvalue weighted by Gasteiger charge is 2.08. The van der Waals surface area contributed by atoms with E-state index < -0.39 is 0 Å². The number of halogens is 2. The van der Waals surface area contributed by atoms with Crippen LogP contribution in [0.25, 0.3) is 0 Å². The molecule has 14 heavy (non-hydrogen) atoms. The molecule has 4 heteroatoms. The van der Waals surface area contributed by atoms with Crippen molar-refractivity contribution in [1.82, 2.24) is 0 Å². The highest BCUT2D eigenvalue weighted by Crippen LogP contribution is 2.31. The molecule has 0 aliphatic carbocycles. The summed E-state index contributed by atoms with van der Waals surface area (Å²) in [5.41, 5.74) is 6.73. The molecule has 0 saturated carbocycles. The van der Waals surface area contributed by atoms with Gasteiger partial charge in [-0.25, -0.2) is 0 Å². The predicted molar refractivity (Wildman–Crippen MR) is 63.1 cm³/mol. The molecule has 1 unspecified atom stereocenters. The Balaban J connectivity index is 3.04. The van der Waals surface area contributed by atoms with Gasteiger partial charge >= 0.3 is 0 Å². The normalized spacial score (nSPS) is 12.6. The van der Waals surface area contributed by atoms with Crippen molar-refractivity contribution in [1.29, 1.82) is 0 Å². The van der Waals surface area contributed by atoms with Crippen LogP contribution in [0.4, 0.5) is 0 Å². The molecule has 0 aromatic heterocycles. The van der Waals surface area contributed by atoms with Gasteiger partial charge in [0.2, 0.25) is 0 Å². The van der Waals surface area contributed by atoms with Crippen LogP contribution in [-0.2, 0) is 6.42 Å². The first-order valence-electron chi connectivity index (χ1n) is 4.32. The number of hydrogen-bond donors (Lipinski definition) is 1. The van der Waals surface area contributed by atoms with Crippen LogP contribution < -0.4 is 10.5 Å². The van der Waals surface area contributed by atoms with Gasteiger partial charge in [-0.15, -0.1) is 0 Å². The fourth-order valence-corrected chi connectivity index (χ4v) is 2.11. The van der Waals surface area contributed by atoms with Crippen LogP contribution in [0.15, 0.2) is 16.6 Å². The second-order valence-corrected chi connectivity index (χ2v) is 4.52. The van der Waals surface area contributed by atoms with E-state index in [0.717, 1.165) is 27.2 Å². The summed E-state index contributed by atoms with van der Waals surface area (Å²) in [5, 5.41) is 0.718. The van der Waals surface area contributed by atoms with Crippen molar-refractivity contribution in [2.24, 2.45) is 5.73 Å². The highest BCUT2D eigenvalue weighted by molar-refractivity contribution is 9.10. The lowest BCUT2D eigenvalue weighted by Gasteiger charge is -2.10. The van der Waals surface area contributed by atoms with Gasteiger partial charge in [0.15, 0.2) is 0 Å². The largest absolute Gasteiger partial charge is 0.496 e. The van der Waals surface area contributed by atoms with Crippen LogP contribution in [0.1, 0.15) is 12.5 Å². The third-order valence-corrected chi connectivity index (χ3v) is 2.83. The quantitative estimate of drug-likeness (QED) is 0.922. The van der Waals surface area contributed by atoms with Crippen LogP contribution >= 0.6 is 27.5 Å². The van der Waals surface area contributed by atoms with E-state index >= 15 is 0 Å². The van der Waals surface area contributed by atoms with E-state index in [-0.39, 0.29) is 6.04 Å². The summed E-state index contributed by atoms with van der Waals surface area (Å²) in [7, 11) is 1.63. The topological polar surface area (TPSA) is 35.2 Å². The zero-order valence-corrected chi connectivity index (χ0v) is 10.5. The lowest BCUT2D eigenvalue weighted by Crippen LogP contribution is -2.18. The van der Waals surface area contributed by atoms with E-state index in [1.807, 2.05) is 19.1 Å². The Bertz CT molecular complexity index is 328.